The number of hydrogen-bond acceptors (Lipinski definition) is 4. The van der Waals surface area contributed by atoms with Crippen molar-refractivity contribution in [3.8, 4) is 0 Å². The summed E-state index contributed by atoms with van der Waals surface area (Å²) in [5, 5.41) is 0. The van der Waals surface area contributed by atoms with Crippen LogP contribution in [0.25, 0.3) is 0 Å². The van der Waals surface area contributed by atoms with Gasteiger partial charge in [0.25, 0.3) is 0 Å². The van der Waals surface area contributed by atoms with Gasteiger partial charge in [0.15, 0.2) is 0 Å². The second-order valence-corrected chi connectivity index (χ2v) is 15.3. The van der Waals surface area contributed by atoms with Crippen LogP contribution in [0, 0.1) is 29.6 Å². The van der Waals surface area contributed by atoms with Crippen LogP contribution in [0.4, 0.5) is 5.69 Å². The minimum Gasteiger partial charge on any atom is -0.458 e. The van der Waals surface area contributed by atoms with Crippen molar-refractivity contribution in [3.05, 3.63) is 101 Å². The number of anilines is 1. The number of hydrogen-bond donors (Lipinski definition) is 0. The minimum atomic E-state index is -0.859. The summed E-state index contributed by atoms with van der Waals surface area (Å²) in [4.78, 5) is 43.5. The van der Waals surface area contributed by atoms with Crippen molar-refractivity contribution in [1.29, 1.82) is 0 Å². The molecule has 0 spiro atoms. The van der Waals surface area contributed by atoms with Crippen LogP contribution in [0.3, 0.4) is 0 Å². The van der Waals surface area contributed by atoms with Crippen LogP contribution in [0.2, 0.25) is 0 Å². The van der Waals surface area contributed by atoms with Crippen molar-refractivity contribution in [3.63, 3.8) is 0 Å². The molecule has 2 amide bonds. The quantitative estimate of drug-likeness (QED) is 0.160. The smallest absolute Gasteiger partial charge is 0.338 e. The Balaban J connectivity index is 1.26. The molecule has 1 heterocycles. The third kappa shape index (κ3) is 3.75. The van der Waals surface area contributed by atoms with Gasteiger partial charge in [0, 0.05) is 0 Å². The van der Waals surface area contributed by atoms with Crippen LogP contribution in [0.1, 0.15) is 72.6 Å². The highest BCUT2D eigenvalue weighted by atomic mass is 79.9. The van der Waals surface area contributed by atoms with Gasteiger partial charge in [-0.1, -0.05) is 114 Å². The number of esters is 1. The third-order valence-electron chi connectivity index (χ3n) is 10.1. The Labute approximate surface area is 263 Å². The molecule has 0 aromatic heterocycles. The molecule has 0 N–H and O–H groups in total. The zero-order valence-electron chi connectivity index (χ0n) is 23.8. The summed E-state index contributed by atoms with van der Waals surface area (Å²) in [5.74, 6) is -1.05. The molecule has 1 saturated heterocycles. The highest BCUT2D eigenvalue weighted by Gasteiger charge is 2.72. The van der Waals surface area contributed by atoms with E-state index in [-0.39, 0.29) is 17.9 Å². The van der Waals surface area contributed by atoms with Gasteiger partial charge in [-0.15, -0.1) is 0 Å². The first-order valence-corrected chi connectivity index (χ1v) is 16.4. The maximum Gasteiger partial charge on any atom is 0.338 e. The van der Waals surface area contributed by atoms with Gasteiger partial charge in [-0.05, 0) is 71.0 Å². The predicted molar refractivity (Wildman–Crippen MR) is 169 cm³/mol. The number of nitrogens with zero attached hydrogens (tertiary/aromatic N) is 1. The van der Waals surface area contributed by atoms with E-state index in [0.29, 0.717) is 29.0 Å². The molecule has 216 valence electrons. The number of benzene rings is 3. The normalized spacial score (nSPS) is 32.9. The molecule has 8 rings (SSSR count). The molecule has 0 radical (unpaired) electrons. The van der Waals surface area contributed by atoms with Gasteiger partial charge < -0.3 is 4.74 Å². The van der Waals surface area contributed by atoms with Crippen molar-refractivity contribution in [2.75, 3.05) is 4.90 Å². The van der Waals surface area contributed by atoms with Crippen LogP contribution >= 0.6 is 31.9 Å². The van der Waals surface area contributed by atoms with E-state index in [1.54, 1.807) is 24.3 Å². The minimum absolute atomic E-state index is 0.142. The molecule has 4 aliphatic carbocycles. The van der Waals surface area contributed by atoms with Gasteiger partial charge in [0.1, 0.15) is 6.10 Å². The first kappa shape index (κ1) is 28.0. The number of carbonyl (C=O) groups is 3. The van der Waals surface area contributed by atoms with Gasteiger partial charge in [-0.3, -0.25) is 9.59 Å². The predicted octanol–water partition coefficient (Wildman–Crippen LogP) is 7.71. The van der Waals surface area contributed by atoms with Gasteiger partial charge in [0.2, 0.25) is 11.8 Å². The number of imide groups is 1. The number of ether oxygens (including phenoxy) is 1. The van der Waals surface area contributed by atoms with E-state index in [4.69, 9.17) is 4.74 Å². The number of halogens is 2. The molecule has 7 heteroatoms. The lowest BCUT2D eigenvalue weighted by Crippen LogP contribution is -2.56. The third-order valence-corrected chi connectivity index (χ3v) is 12.8. The Hall–Kier alpha value is -2.77. The summed E-state index contributed by atoms with van der Waals surface area (Å²) < 4.78 is 4.39. The summed E-state index contributed by atoms with van der Waals surface area (Å²) in [7, 11) is 0. The second-order valence-electron chi connectivity index (χ2n) is 12.8. The van der Waals surface area contributed by atoms with Crippen molar-refractivity contribution < 1.29 is 19.1 Å². The fourth-order valence-corrected chi connectivity index (χ4v) is 10.5. The van der Waals surface area contributed by atoms with Crippen LogP contribution in [0.15, 0.2) is 72.8 Å². The lowest BCUT2D eigenvalue weighted by atomic mass is 9.54. The zero-order valence-corrected chi connectivity index (χ0v) is 27.0. The number of amides is 2. The SMILES string of the molecule is CC(C)[C@@H]1CC[C@@H](C)C[C@H]1OC(=O)c1cccc(N2C(=O)[C@@H]3[C@@H](C2=O)C2(Br)c4ccccc4C3(Br)c3ccccc32)c1. The van der Waals surface area contributed by atoms with Crippen LogP contribution in [-0.2, 0) is 23.0 Å². The van der Waals surface area contributed by atoms with Crippen molar-refractivity contribution in [1.82, 2.24) is 0 Å². The number of carbonyl (C=O) groups excluding carboxylic acids is 3. The number of rotatable bonds is 4. The summed E-state index contributed by atoms with van der Waals surface area (Å²) in [5.41, 5.74) is 4.70. The topological polar surface area (TPSA) is 63.7 Å². The maximum atomic E-state index is 14.4. The molecule has 1 saturated carbocycles. The Bertz CT molecular complexity index is 1510. The van der Waals surface area contributed by atoms with E-state index in [2.05, 4.69) is 52.6 Å². The van der Waals surface area contributed by atoms with Gasteiger partial charge in [-0.25, -0.2) is 9.69 Å². The highest BCUT2D eigenvalue weighted by Crippen LogP contribution is 2.70. The van der Waals surface area contributed by atoms with E-state index < -0.39 is 26.5 Å². The molecule has 5 aliphatic rings. The monoisotopic (exact) mass is 689 g/mol. The lowest BCUT2D eigenvalue weighted by Gasteiger charge is -2.55. The van der Waals surface area contributed by atoms with E-state index >= 15 is 0 Å². The summed E-state index contributed by atoms with van der Waals surface area (Å²) in [6.07, 6.45) is 2.90. The average molecular weight is 691 g/mol. The highest BCUT2D eigenvalue weighted by molar-refractivity contribution is 9.10. The standard InChI is InChI=1S/C35H33Br2NO4/c1-19(2)23-16-15-20(3)17-28(23)42-33(41)21-9-8-10-22(18-21)38-31(39)29-30(32(38)40)35(37)25-12-5-4-11-24(25)34(29,36)26-13-6-7-14-27(26)35/h4-14,18-20,23,28-30H,15-17H2,1-3H3/t20-,23+,28-,29+,30+,34?,35?/m1/s1. The molecule has 0 unspecified atom stereocenters. The van der Waals surface area contributed by atoms with Gasteiger partial charge in [-0.2, -0.15) is 0 Å². The molecule has 3 aromatic carbocycles. The number of alkyl halides is 2. The Kier molecular flexibility index (Phi) is 6.59. The van der Waals surface area contributed by atoms with E-state index in [0.717, 1.165) is 41.5 Å². The maximum absolute atomic E-state index is 14.4. The van der Waals surface area contributed by atoms with E-state index in [1.807, 2.05) is 48.5 Å². The molecule has 2 bridgehead atoms. The van der Waals surface area contributed by atoms with E-state index in [1.165, 1.54) is 4.90 Å². The first-order valence-electron chi connectivity index (χ1n) is 14.8. The summed E-state index contributed by atoms with van der Waals surface area (Å²) in [6, 6.07) is 22.9. The molecule has 42 heavy (non-hydrogen) atoms. The second kappa shape index (κ2) is 9.88. The summed E-state index contributed by atoms with van der Waals surface area (Å²) >= 11 is 8.10. The molecule has 5 nitrogen and oxygen atoms in total. The van der Waals surface area contributed by atoms with Crippen molar-refractivity contribution >= 4 is 55.3 Å². The zero-order chi connectivity index (χ0) is 29.6. The average Bonchev–Trinajstić information content (AvgIpc) is 3.26. The van der Waals surface area contributed by atoms with Crippen LogP contribution in [0.5, 0.6) is 0 Å². The molecule has 1 aliphatic heterocycles. The van der Waals surface area contributed by atoms with Crippen LogP contribution in [-0.4, -0.2) is 23.9 Å². The molecule has 5 atom stereocenters. The summed E-state index contributed by atoms with van der Waals surface area (Å²) in [6.45, 7) is 6.57. The Morgan fingerprint density at radius 3 is 1.86 bits per heavy atom. The fraction of sp³-hybridized carbons (Fsp3) is 0.400. The van der Waals surface area contributed by atoms with Crippen molar-refractivity contribution in [2.45, 2.75) is 54.8 Å². The Morgan fingerprint density at radius 2 is 1.36 bits per heavy atom. The largest absolute Gasteiger partial charge is 0.458 e. The Morgan fingerprint density at radius 1 is 0.833 bits per heavy atom. The van der Waals surface area contributed by atoms with Gasteiger partial charge >= 0.3 is 5.97 Å². The van der Waals surface area contributed by atoms with Crippen molar-refractivity contribution in [2.24, 2.45) is 29.6 Å². The van der Waals surface area contributed by atoms with E-state index in [9.17, 15) is 14.4 Å². The van der Waals surface area contributed by atoms with Gasteiger partial charge in [0.05, 0.1) is 31.7 Å². The molecular formula is C35H33Br2NO4. The fourth-order valence-electron chi connectivity index (χ4n) is 8.15. The molecule has 2 fully saturated rings. The van der Waals surface area contributed by atoms with Crippen LogP contribution < -0.4 is 4.90 Å². The molecular weight excluding hydrogens is 658 g/mol. The lowest BCUT2D eigenvalue weighted by molar-refractivity contribution is -0.122. The first-order chi connectivity index (χ1) is 20.1. The molecule has 3 aromatic rings.